The van der Waals surface area contributed by atoms with Crippen LogP contribution in [0.5, 0.6) is 0 Å². The summed E-state index contributed by atoms with van der Waals surface area (Å²) in [7, 11) is 0. The number of nitrogens with two attached hydrogens (primary N) is 1. The second-order valence-electron chi connectivity index (χ2n) is 7.29. The van der Waals surface area contributed by atoms with Crippen LogP contribution < -0.4 is 5.73 Å². The minimum Gasteiger partial charge on any atom is -0.444 e. The zero-order chi connectivity index (χ0) is 17.9. The van der Waals surface area contributed by atoms with Gasteiger partial charge in [-0.1, -0.05) is 15.9 Å². The average molecular weight is 397 g/mol. The highest BCUT2D eigenvalue weighted by atomic mass is 79.9. The summed E-state index contributed by atoms with van der Waals surface area (Å²) in [5, 5.41) is 0. The van der Waals surface area contributed by atoms with Crippen LogP contribution >= 0.6 is 15.9 Å². The molecule has 2 rings (SSSR count). The standard InChI is InChI=1S/C18H25BrN2O3/c1-18(2,3)24-17(23)21-8-4-5-12(11-21)9-16(22)14-7-6-13(19)10-15(14)20/h6-7,10,12H,4-5,8-9,11,20H2,1-3H3/t12-/m0/s1. The molecule has 0 saturated carbocycles. The number of ether oxygens (including phenoxy) is 1. The second kappa shape index (κ2) is 7.55. The van der Waals surface area contributed by atoms with E-state index in [-0.39, 0.29) is 17.8 Å². The van der Waals surface area contributed by atoms with Crippen molar-refractivity contribution in [1.82, 2.24) is 4.90 Å². The van der Waals surface area contributed by atoms with Crippen molar-refractivity contribution in [1.29, 1.82) is 0 Å². The van der Waals surface area contributed by atoms with E-state index in [1.54, 1.807) is 17.0 Å². The van der Waals surface area contributed by atoms with E-state index in [0.29, 0.717) is 30.8 Å². The van der Waals surface area contributed by atoms with Gasteiger partial charge >= 0.3 is 6.09 Å². The molecule has 1 aliphatic heterocycles. The second-order valence-corrected chi connectivity index (χ2v) is 8.21. The molecule has 0 spiro atoms. The molecule has 1 amide bonds. The third-order valence-electron chi connectivity index (χ3n) is 3.96. The minimum atomic E-state index is -0.508. The molecule has 1 saturated heterocycles. The van der Waals surface area contributed by atoms with E-state index in [1.807, 2.05) is 26.8 Å². The van der Waals surface area contributed by atoms with Crippen molar-refractivity contribution in [3.05, 3.63) is 28.2 Å². The van der Waals surface area contributed by atoms with Crippen molar-refractivity contribution in [3.8, 4) is 0 Å². The average Bonchev–Trinajstić information content (AvgIpc) is 2.45. The van der Waals surface area contributed by atoms with E-state index >= 15 is 0 Å². The topological polar surface area (TPSA) is 72.6 Å². The molecule has 24 heavy (non-hydrogen) atoms. The number of likely N-dealkylation sites (tertiary alicyclic amines) is 1. The number of ketones is 1. The summed E-state index contributed by atoms with van der Waals surface area (Å²) in [5.74, 6) is 0.165. The van der Waals surface area contributed by atoms with Crippen LogP contribution in [0, 0.1) is 5.92 Å². The first-order valence-corrected chi connectivity index (χ1v) is 9.01. The van der Waals surface area contributed by atoms with Crippen LogP contribution in [0.25, 0.3) is 0 Å². The largest absolute Gasteiger partial charge is 0.444 e. The fourth-order valence-electron chi connectivity index (χ4n) is 2.88. The smallest absolute Gasteiger partial charge is 0.410 e. The van der Waals surface area contributed by atoms with Crippen LogP contribution in [0.1, 0.15) is 50.4 Å². The molecule has 132 valence electrons. The minimum absolute atomic E-state index is 0.0241. The van der Waals surface area contributed by atoms with E-state index in [4.69, 9.17) is 10.5 Å². The van der Waals surface area contributed by atoms with Crippen molar-refractivity contribution in [2.24, 2.45) is 5.92 Å². The Labute approximate surface area is 151 Å². The maximum Gasteiger partial charge on any atom is 0.410 e. The van der Waals surface area contributed by atoms with Crippen LogP contribution in [0.15, 0.2) is 22.7 Å². The number of amides is 1. The normalized spacial score (nSPS) is 18.3. The van der Waals surface area contributed by atoms with Crippen molar-refractivity contribution < 1.29 is 14.3 Å². The first kappa shape index (κ1) is 18.8. The molecule has 5 nitrogen and oxygen atoms in total. The Bertz CT molecular complexity index is 625. The maximum absolute atomic E-state index is 12.5. The Balaban J connectivity index is 1.97. The monoisotopic (exact) mass is 396 g/mol. The van der Waals surface area contributed by atoms with Crippen LogP contribution in [-0.4, -0.2) is 35.5 Å². The first-order chi connectivity index (χ1) is 11.2. The van der Waals surface area contributed by atoms with E-state index in [0.717, 1.165) is 17.3 Å². The Morgan fingerprint density at radius 1 is 1.38 bits per heavy atom. The van der Waals surface area contributed by atoms with Gasteiger partial charge in [0, 0.05) is 35.2 Å². The number of nitrogen functional groups attached to an aromatic ring is 1. The number of rotatable bonds is 3. The predicted octanol–water partition coefficient (Wildman–Crippen LogP) is 4.25. The molecule has 1 aliphatic rings. The highest BCUT2D eigenvalue weighted by Crippen LogP contribution is 2.26. The summed E-state index contributed by atoms with van der Waals surface area (Å²) >= 11 is 3.34. The van der Waals surface area contributed by atoms with Crippen LogP contribution in [0.4, 0.5) is 10.5 Å². The van der Waals surface area contributed by atoms with Crippen LogP contribution in [-0.2, 0) is 4.74 Å². The summed E-state index contributed by atoms with van der Waals surface area (Å²) in [6.45, 7) is 6.79. The van der Waals surface area contributed by atoms with Gasteiger partial charge in [0.05, 0.1) is 0 Å². The van der Waals surface area contributed by atoms with Crippen molar-refractivity contribution >= 4 is 33.5 Å². The predicted molar refractivity (Wildman–Crippen MR) is 98.0 cm³/mol. The van der Waals surface area contributed by atoms with E-state index < -0.39 is 5.60 Å². The molecule has 2 N–H and O–H groups in total. The molecule has 0 bridgehead atoms. The number of hydrogen-bond acceptors (Lipinski definition) is 4. The molecule has 0 aliphatic carbocycles. The summed E-state index contributed by atoms with van der Waals surface area (Å²) in [5.41, 5.74) is 6.46. The Morgan fingerprint density at radius 2 is 2.08 bits per heavy atom. The number of nitrogens with zero attached hydrogens (tertiary/aromatic N) is 1. The van der Waals surface area contributed by atoms with E-state index in [1.165, 1.54) is 0 Å². The van der Waals surface area contributed by atoms with Gasteiger partial charge in [-0.05, 0) is 57.7 Å². The van der Waals surface area contributed by atoms with Gasteiger partial charge in [0.2, 0.25) is 0 Å². The molecular weight excluding hydrogens is 372 g/mol. The highest BCUT2D eigenvalue weighted by Gasteiger charge is 2.29. The zero-order valence-electron chi connectivity index (χ0n) is 14.5. The summed E-state index contributed by atoms with van der Waals surface area (Å²) in [4.78, 5) is 26.4. The fourth-order valence-corrected chi connectivity index (χ4v) is 3.26. The number of benzene rings is 1. The number of carbonyl (C=O) groups is 2. The third-order valence-corrected chi connectivity index (χ3v) is 4.45. The number of piperidine rings is 1. The molecule has 1 aromatic rings. The van der Waals surface area contributed by atoms with E-state index in [2.05, 4.69) is 15.9 Å². The van der Waals surface area contributed by atoms with E-state index in [9.17, 15) is 9.59 Å². The van der Waals surface area contributed by atoms with Gasteiger partial charge in [-0.15, -0.1) is 0 Å². The molecule has 1 fully saturated rings. The Morgan fingerprint density at radius 3 is 2.71 bits per heavy atom. The van der Waals surface area contributed by atoms with Crippen LogP contribution in [0.2, 0.25) is 0 Å². The van der Waals surface area contributed by atoms with Crippen molar-refractivity contribution in [2.45, 2.75) is 45.6 Å². The zero-order valence-corrected chi connectivity index (χ0v) is 16.1. The summed E-state index contributed by atoms with van der Waals surface area (Å²) in [6, 6.07) is 5.30. The molecular formula is C18H25BrN2O3. The van der Waals surface area contributed by atoms with Gasteiger partial charge in [-0.3, -0.25) is 4.79 Å². The third kappa shape index (κ3) is 5.23. The first-order valence-electron chi connectivity index (χ1n) is 8.22. The highest BCUT2D eigenvalue weighted by molar-refractivity contribution is 9.10. The van der Waals surface area contributed by atoms with Gasteiger partial charge in [-0.2, -0.15) is 0 Å². The number of halogens is 1. The fraction of sp³-hybridized carbons (Fsp3) is 0.556. The van der Waals surface area contributed by atoms with Gasteiger partial charge < -0.3 is 15.4 Å². The lowest BCUT2D eigenvalue weighted by Gasteiger charge is -2.34. The number of Topliss-reactive ketones (excluding diaryl/α,β-unsaturated/α-hetero) is 1. The molecule has 1 heterocycles. The summed E-state index contributed by atoms with van der Waals surface area (Å²) < 4.78 is 6.28. The lowest BCUT2D eigenvalue weighted by Crippen LogP contribution is -2.43. The van der Waals surface area contributed by atoms with Crippen molar-refractivity contribution in [2.75, 3.05) is 18.8 Å². The summed E-state index contributed by atoms with van der Waals surface area (Å²) in [6.07, 6.45) is 1.90. The number of hydrogen-bond donors (Lipinski definition) is 1. The van der Waals surface area contributed by atoms with Gasteiger partial charge in [0.15, 0.2) is 5.78 Å². The Hall–Kier alpha value is -1.56. The molecule has 0 unspecified atom stereocenters. The Kier molecular flexibility index (Phi) is 5.91. The molecule has 1 atom stereocenters. The molecule has 6 heteroatoms. The lowest BCUT2D eigenvalue weighted by atomic mass is 9.90. The maximum atomic E-state index is 12.5. The van der Waals surface area contributed by atoms with Gasteiger partial charge in [0.1, 0.15) is 5.60 Å². The number of anilines is 1. The molecule has 1 aromatic carbocycles. The molecule has 0 radical (unpaired) electrons. The number of carbonyl (C=O) groups excluding carboxylic acids is 2. The van der Waals surface area contributed by atoms with Crippen LogP contribution in [0.3, 0.4) is 0 Å². The van der Waals surface area contributed by atoms with Crippen molar-refractivity contribution in [3.63, 3.8) is 0 Å². The van der Waals surface area contributed by atoms with Gasteiger partial charge in [0.25, 0.3) is 0 Å². The van der Waals surface area contributed by atoms with Gasteiger partial charge in [-0.25, -0.2) is 4.79 Å². The lowest BCUT2D eigenvalue weighted by molar-refractivity contribution is 0.0161. The quantitative estimate of drug-likeness (QED) is 0.611. The SMILES string of the molecule is CC(C)(C)OC(=O)N1CCC[C@@H](CC(=O)c2ccc(Br)cc2N)C1. The molecule has 0 aromatic heterocycles.